The molecular weight excluding hydrogens is 561 g/mol. The maximum absolute atomic E-state index is 14.4. The number of ether oxygens (including phenoxy) is 3. The molecule has 1 aliphatic carbocycles. The van der Waals surface area contributed by atoms with E-state index in [1.165, 1.54) is 6.33 Å². The van der Waals surface area contributed by atoms with Gasteiger partial charge < -0.3 is 24.5 Å². The number of esters is 2. The highest BCUT2D eigenvalue weighted by molar-refractivity contribution is 7.59. The van der Waals surface area contributed by atoms with E-state index >= 15 is 0 Å². The molecule has 1 saturated carbocycles. The fourth-order valence-electron chi connectivity index (χ4n) is 4.53. The van der Waals surface area contributed by atoms with E-state index in [1.807, 2.05) is 13.8 Å². The Morgan fingerprint density at radius 3 is 2.38 bits per heavy atom. The lowest BCUT2D eigenvalue weighted by atomic mass is 10.1. The molecule has 0 spiro atoms. The van der Waals surface area contributed by atoms with Crippen molar-refractivity contribution >= 4 is 36.4 Å². The number of hydrogen-bond acceptors (Lipinski definition) is 10. The van der Waals surface area contributed by atoms with E-state index in [-0.39, 0.29) is 24.9 Å². The number of carbonyl (C=O) groups is 2. The van der Waals surface area contributed by atoms with Crippen LogP contribution in [-0.2, 0) is 34.9 Å². The van der Waals surface area contributed by atoms with Crippen LogP contribution in [-0.4, -0.2) is 67.7 Å². The summed E-state index contributed by atoms with van der Waals surface area (Å²) in [5.74, 6) is -0.450. The van der Waals surface area contributed by atoms with Gasteiger partial charge in [-0.25, -0.2) is 25.1 Å². The first-order chi connectivity index (χ1) is 19.7. The van der Waals surface area contributed by atoms with Gasteiger partial charge in [0.25, 0.3) is 0 Å². The Bertz CT molecular complexity index is 1260. The van der Waals surface area contributed by atoms with Crippen LogP contribution in [0.15, 0.2) is 12.7 Å². The molecule has 14 heteroatoms. The molecule has 0 aromatic carbocycles. The predicted molar refractivity (Wildman–Crippen MR) is 161 cm³/mol. The lowest BCUT2D eigenvalue weighted by Crippen LogP contribution is -2.54. The topological polar surface area (TPSA) is 173 Å². The summed E-state index contributed by atoms with van der Waals surface area (Å²) in [5.41, 5.74) is 4.25. The van der Waals surface area contributed by atoms with Gasteiger partial charge >= 0.3 is 11.9 Å². The van der Waals surface area contributed by atoms with E-state index in [1.54, 1.807) is 38.6 Å². The molecule has 2 heterocycles. The van der Waals surface area contributed by atoms with Gasteiger partial charge in [-0.1, -0.05) is 26.2 Å². The molecule has 3 rings (SSSR count). The molecule has 13 nitrogen and oxygen atoms in total. The normalized spacial score (nSPS) is 17.0. The summed E-state index contributed by atoms with van der Waals surface area (Å²) in [5, 5.41) is 5.91. The number of anilines is 1. The fraction of sp³-hybridized carbons (Fsp3) is 0.750. The molecule has 1 aliphatic rings. The van der Waals surface area contributed by atoms with Crippen molar-refractivity contribution in [1.82, 2.24) is 29.7 Å². The van der Waals surface area contributed by atoms with Crippen molar-refractivity contribution in [3.05, 3.63) is 12.7 Å². The van der Waals surface area contributed by atoms with Crippen molar-refractivity contribution in [2.24, 2.45) is 5.92 Å². The maximum Gasteiger partial charge on any atom is 0.326 e. The summed E-state index contributed by atoms with van der Waals surface area (Å²) in [6, 6.07) is 0. The van der Waals surface area contributed by atoms with Crippen molar-refractivity contribution in [3.63, 3.8) is 0 Å². The van der Waals surface area contributed by atoms with E-state index in [2.05, 4.69) is 32.1 Å². The Kier molecular flexibility index (Phi) is 11.5. The minimum absolute atomic E-state index is 0.232. The number of rotatable bonds is 18. The molecule has 0 radical (unpaired) electrons. The Labute approximate surface area is 248 Å². The molecule has 2 aromatic rings. The zero-order valence-electron chi connectivity index (χ0n) is 26.0. The molecule has 236 valence electrons. The summed E-state index contributed by atoms with van der Waals surface area (Å²) in [4.78, 5) is 38.6. The van der Waals surface area contributed by atoms with Crippen LogP contribution in [0.2, 0.25) is 0 Å². The van der Waals surface area contributed by atoms with Crippen LogP contribution < -0.4 is 15.9 Å². The van der Waals surface area contributed by atoms with Crippen LogP contribution in [0.25, 0.3) is 11.2 Å². The van der Waals surface area contributed by atoms with E-state index in [9.17, 15) is 14.2 Å². The first kappa shape index (κ1) is 33.9. The lowest BCUT2D eigenvalue weighted by molar-refractivity contribution is -0.155. The monoisotopic (exact) mass is 609 g/mol. The molecule has 2 aromatic heterocycles. The molecule has 2 unspecified atom stereocenters. The molecule has 3 atom stereocenters. The highest BCUT2D eigenvalue weighted by Crippen LogP contribution is 2.43. The third kappa shape index (κ3) is 9.45. The lowest BCUT2D eigenvalue weighted by Gasteiger charge is -2.36. The van der Waals surface area contributed by atoms with Gasteiger partial charge in [0.15, 0.2) is 11.5 Å². The van der Waals surface area contributed by atoms with Crippen LogP contribution in [0.1, 0.15) is 87.0 Å². The number of nitrogens with two attached hydrogens (primary N) is 1. The Morgan fingerprint density at radius 1 is 1.07 bits per heavy atom. The van der Waals surface area contributed by atoms with Crippen molar-refractivity contribution in [1.29, 1.82) is 0 Å². The Hall–Kier alpha value is -2.60. The number of unbranched alkanes of at least 4 members (excludes halogenated alkanes) is 3. The molecule has 1 fully saturated rings. The van der Waals surface area contributed by atoms with Gasteiger partial charge in [0.1, 0.15) is 35.4 Å². The number of nitrogen functional groups attached to an aromatic ring is 1. The van der Waals surface area contributed by atoms with Crippen molar-refractivity contribution in [2.75, 3.05) is 18.7 Å². The van der Waals surface area contributed by atoms with Crippen LogP contribution >= 0.6 is 7.44 Å². The molecule has 0 bridgehead atoms. The van der Waals surface area contributed by atoms with E-state index < -0.39 is 36.6 Å². The number of hydrogen-bond donors (Lipinski definition) is 3. The van der Waals surface area contributed by atoms with Gasteiger partial charge in [-0.3, -0.25) is 14.2 Å². The molecule has 0 aliphatic heterocycles. The van der Waals surface area contributed by atoms with E-state index in [0.29, 0.717) is 23.6 Å². The summed E-state index contributed by atoms with van der Waals surface area (Å²) in [7, 11) is -3.77. The van der Waals surface area contributed by atoms with Crippen LogP contribution in [0.5, 0.6) is 0 Å². The van der Waals surface area contributed by atoms with Gasteiger partial charge in [-0.2, -0.15) is 0 Å². The molecule has 4 N–H and O–H groups in total. The van der Waals surface area contributed by atoms with Crippen molar-refractivity contribution in [2.45, 2.75) is 117 Å². The Morgan fingerprint density at radius 2 is 1.74 bits per heavy atom. The second kappa shape index (κ2) is 14.2. The Balaban J connectivity index is 1.72. The van der Waals surface area contributed by atoms with Crippen LogP contribution in [0.4, 0.5) is 5.82 Å². The van der Waals surface area contributed by atoms with Gasteiger partial charge in [0, 0.05) is 0 Å². The molecule has 0 amide bonds. The van der Waals surface area contributed by atoms with Crippen LogP contribution in [0.3, 0.4) is 0 Å². The van der Waals surface area contributed by atoms with Crippen LogP contribution in [0, 0.1) is 5.92 Å². The molecule has 0 saturated heterocycles. The SMILES string of the molecule is CCCCCCOC(=O)C(C)(C)NP(=O)(CO[C@H](C)Cn1cnc2c(N)ncnc21)NC(C)(C)C(=O)OC(C)C1CC1. The minimum atomic E-state index is -3.77. The minimum Gasteiger partial charge on any atom is -0.464 e. The number of nitrogens with zero attached hydrogens (tertiary/aromatic N) is 4. The van der Waals surface area contributed by atoms with Crippen molar-refractivity contribution < 1.29 is 28.4 Å². The van der Waals surface area contributed by atoms with Gasteiger partial charge in [0.05, 0.1) is 25.6 Å². The first-order valence-electron chi connectivity index (χ1n) is 14.8. The summed E-state index contributed by atoms with van der Waals surface area (Å²) >= 11 is 0. The van der Waals surface area contributed by atoms with E-state index in [0.717, 1.165) is 38.5 Å². The number of aromatic nitrogens is 4. The second-order valence-electron chi connectivity index (χ2n) is 12.3. The first-order valence-corrected chi connectivity index (χ1v) is 16.7. The average Bonchev–Trinajstić information content (AvgIpc) is 3.68. The highest BCUT2D eigenvalue weighted by atomic mass is 31.2. The zero-order valence-corrected chi connectivity index (χ0v) is 26.9. The largest absolute Gasteiger partial charge is 0.464 e. The maximum atomic E-state index is 14.4. The standard InChI is InChI=1S/C28H48N7O6P/c1-8-9-10-11-14-39-25(36)27(4,5)33-42(38,34-28(6,7)26(37)41-20(3)21-12-13-21)18-40-19(2)15-35-17-32-22-23(29)30-16-31-24(22)35/h16-17,19-21H,8-15,18H2,1-7H3,(H2,29,30,31)(H2,33,34,38)/t19-,20?,42?/m1/s1. The van der Waals surface area contributed by atoms with Gasteiger partial charge in [-0.05, 0) is 66.7 Å². The fourth-order valence-corrected chi connectivity index (χ4v) is 7.17. The number of nitrogens with one attached hydrogen (secondary N) is 2. The summed E-state index contributed by atoms with van der Waals surface area (Å²) in [6.45, 7) is 12.8. The molecule has 42 heavy (non-hydrogen) atoms. The third-order valence-corrected chi connectivity index (χ3v) is 9.53. The third-order valence-electron chi connectivity index (χ3n) is 7.17. The average molecular weight is 610 g/mol. The van der Waals surface area contributed by atoms with Gasteiger partial charge in [0.2, 0.25) is 7.44 Å². The van der Waals surface area contributed by atoms with Crippen molar-refractivity contribution in [3.8, 4) is 0 Å². The smallest absolute Gasteiger partial charge is 0.326 e. The quantitative estimate of drug-likeness (QED) is 0.125. The summed E-state index contributed by atoms with van der Waals surface area (Å²) < 4.78 is 33.4. The van der Waals surface area contributed by atoms with Gasteiger partial charge in [-0.15, -0.1) is 0 Å². The zero-order chi connectivity index (χ0) is 31.1. The predicted octanol–water partition coefficient (Wildman–Crippen LogP) is 4.17. The second-order valence-corrected chi connectivity index (χ2v) is 14.5. The number of carbonyl (C=O) groups excluding carboxylic acids is 2. The molecular formula is C28H48N7O6P. The van der Waals surface area contributed by atoms with E-state index in [4.69, 9.17) is 19.9 Å². The number of imidazole rings is 1. The number of fused-ring (bicyclic) bond motifs is 1. The highest BCUT2D eigenvalue weighted by Gasteiger charge is 2.44. The summed E-state index contributed by atoms with van der Waals surface area (Å²) in [6.07, 6.45) is 7.84.